The van der Waals surface area contributed by atoms with E-state index in [1.165, 1.54) is 6.08 Å². The summed E-state index contributed by atoms with van der Waals surface area (Å²) in [7, 11) is 0. The average Bonchev–Trinajstić information content (AvgIpc) is 1.87. The maximum absolute atomic E-state index is 10.5. The molecule has 0 saturated heterocycles. The van der Waals surface area contributed by atoms with Gasteiger partial charge in [0.2, 0.25) is 0 Å². The molecular formula is C7H8O4. The van der Waals surface area contributed by atoms with Crippen LogP contribution in [0.5, 0.6) is 0 Å². The minimum Gasteiger partial charge on any atom is -0.481 e. The molecule has 4 nitrogen and oxygen atoms in total. The number of carboxylic acid groups (broad SMARTS) is 1. The lowest BCUT2D eigenvalue weighted by Gasteiger charge is -1.88. The van der Waals surface area contributed by atoms with Crippen LogP contribution in [0, 0.1) is 0 Å². The summed E-state index contributed by atoms with van der Waals surface area (Å²) < 4.78 is 4.27. The third kappa shape index (κ3) is 6.30. The number of hydrogen-bond acceptors (Lipinski definition) is 3. The highest BCUT2D eigenvalue weighted by Crippen LogP contribution is 1.85. The summed E-state index contributed by atoms with van der Waals surface area (Å²) in [5, 5.41) is 8.13. The maximum atomic E-state index is 10.5. The number of carboxylic acids is 1. The Labute approximate surface area is 63.8 Å². The molecule has 0 spiro atoms. The molecule has 0 unspecified atom stereocenters. The number of hydrogen-bond donors (Lipinski definition) is 1. The third-order valence-electron chi connectivity index (χ3n) is 0.746. The van der Waals surface area contributed by atoms with E-state index >= 15 is 0 Å². The van der Waals surface area contributed by atoms with E-state index in [4.69, 9.17) is 5.11 Å². The van der Waals surface area contributed by atoms with Crippen LogP contribution in [0.4, 0.5) is 0 Å². The van der Waals surface area contributed by atoms with Crippen molar-refractivity contribution in [2.75, 3.05) is 0 Å². The Hall–Kier alpha value is -1.58. The number of esters is 1. The summed E-state index contributed by atoms with van der Waals surface area (Å²) in [4.78, 5) is 20.4. The van der Waals surface area contributed by atoms with E-state index in [0.717, 1.165) is 12.3 Å². The second-order valence-corrected chi connectivity index (χ2v) is 1.60. The number of rotatable bonds is 4. The van der Waals surface area contributed by atoms with Crippen molar-refractivity contribution in [3.8, 4) is 0 Å². The van der Waals surface area contributed by atoms with Crippen LogP contribution in [-0.2, 0) is 14.3 Å². The van der Waals surface area contributed by atoms with E-state index in [0.29, 0.717) is 0 Å². The molecule has 11 heavy (non-hydrogen) atoms. The van der Waals surface area contributed by atoms with Crippen LogP contribution in [0.15, 0.2) is 25.0 Å². The van der Waals surface area contributed by atoms with Gasteiger partial charge < -0.3 is 9.84 Å². The Morgan fingerprint density at radius 3 is 2.64 bits per heavy atom. The molecule has 0 rings (SSSR count). The molecular weight excluding hydrogens is 148 g/mol. The zero-order valence-electron chi connectivity index (χ0n) is 5.82. The van der Waals surface area contributed by atoms with Crippen molar-refractivity contribution in [2.45, 2.75) is 6.42 Å². The molecule has 0 saturated carbocycles. The summed E-state index contributed by atoms with van der Waals surface area (Å²) in [6.45, 7) is 3.15. The molecule has 0 aliphatic rings. The Bertz CT molecular complexity index is 193. The predicted octanol–water partition coefficient (Wildman–Crippen LogP) is 0.704. The van der Waals surface area contributed by atoms with Gasteiger partial charge in [-0.1, -0.05) is 12.7 Å². The van der Waals surface area contributed by atoms with Crippen LogP contribution < -0.4 is 0 Å². The summed E-state index contributed by atoms with van der Waals surface area (Å²) in [5.41, 5.74) is 0. The van der Waals surface area contributed by atoms with Crippen molar-refractivity contribution in [1.29, 1.82) is 0 Å². The number of carbonyl (C=O) groups is 2. The van der Waals surface area contributed by atoms with Crippen LogP contribution >= 0.6 is 0 Å². The first-order valence-corrected chi connectivity index (χ1v) is 2.86. The minimum absolute atomic E-state index is 0.188. The van der Waals surface area contributed by atoms with Gasteiger partial charge in [-0.15, -0.1) is 0 Å². The van der Waals surface area contributed by atoms with Crippen molar-refractivity contribution in [3.63, 3.8) is 0 Å². The quantitative estimate of drug-likeness (QED) is 0.369. The number of aliphatic carboxylic acids is 1. The fourth-order valence-corrected chi connectivity index (χ4v) is 0.377. The summed E-state index contributed by atoms with van der Waals surface area (Å²) >= 11 is 0. The Balaban J connectivity index is 3.64. The topological polar surface area (TPSA) is 63.6 Å². The Morgan fingerprint density at radius 2 is 2.18 bits per heavy atom. The molecule has 0 aromatic heterocycles. The lowest BCUT2D eigenvalue weighted by molar-refractivity contribution is -0.136. The lowest BCUT2D eigenvalue weighted by atomic mass is 10.4. The monoisotopic (exact) mass is 156 g/mol. The van der Waals surface area contributed by atoms with Crippen molar-refractivity contribution in [3.05, 3.63) is 25.0 Å². The van der Waals surface area contributed by atoms with Gasteiger partial charge in [0.25, 0.3) is 0 Å². The van der Waals surface area contributed by atoms with Gasteiger partial charge in [-0.05, 0) is 0 Å². The molecule has 0 fully saturated rings. The van der Waals surface area contributed by atoms with Crippen LogP contribution in [0.25, 0.3) is 0 Å². The van der Waals surface area contributed by atoms with Crippen LogP contribution in [0.2, 0.25) is 0 Å². The molecule has 0 heterocycles. The smallest absolute Gasteiger partial charge is 0.335 e. The normalized spacial score (nSPS) is 9.45. The zero-order valence-corrected chi connectivity index (χ0v) is 5.82. The first-order valence-electron chi connectivity index (χ1n) is 2.86. The molecule has 60 valence electrons. The van der Waals surface area contributed by atoms with Gasteiger partial charge in [-0.25, -0.2) is 4.79 Å². The van der Waals surface area contributed by atoms with E-state index in [9.17, 15) is 9.59 Å². The maximum Gasteiger partial charge on any atom is 0.335 e. The number of carbonyl (C=O) groups excluding carboxylic acids is 1. The van der Waals surface area contributed by atoms with E-state index in [2.05, 4.69) is 11.3 Å². The molecule has 0 bridgehead atoms. The second kappa shape index (κ2) is 5.22. The van der Waals surface area contributed by atoms with Gasteiger partial charge >= 0.3 is 11.9 Å². The third-order valence-corrected chi connectivity index (χ3v) is 0.746. The highest BCUT2D eigenvalue weighted by atomic mass is 16.5. The van der Waals surface area contributed by atoms with Crippen molar-refractivity contribution in [1.82, 2.24) is 0 Å². The molecule has 0 atom stereocenters. The highest BCUT2D eigenvalue weighted by molar-refractivity contribution is 5.83. The van der Waals surface area contributed by atoms with Crippen molar-refractivity contribution >= 4 is 11.9 Å². The highest BCUT2D eigenvalue weighted by Gasteiger charge is 1.93. The van der Waals surface area contributed by atoms with E-state index in [-0.39, 0.29) is 6.42 Å². The lowest BCUT2D eigenvalue weighted by Crippen LogP contribution is -1.95. The minimum atomic E-state index is -0.993. The predicted molar refractivity (Wildman–Crippen MR) is 37.7 cm³/mol. The van der Waals surface area contributed by atoms with Crippen molar-refractivity contribution < 1.29 is 19.4 Å². The standard InChI is InChI=1S/C7H8O4/c1-2-11-7(10)5-3-4-6(8)9/h2-3,5H,1,4H2,(H,8,9). The first-order chi connectivity index (χ1) is 5.16. The fourth-order valence-electron chi connectivity index (χ4n) is 0.377. The zero-order chi connectivity index (χ0) is 8.69. The summed E-state index contributed by atoms with van der Waals surface area (Å²) in [6.07, 6.45) is 3.03. The van der Waals surface area contributed by atoms with Gasteiger partial charge in [-0.2, -0.15) is 0 Å². The molecule has 0 aliphatic carbocycles. The fraction of sp³-hybridized carbons (Fsp3) is 0.143. The summed E-state index contributed by atoms with van der Waals surface area (Å²) in [5.74, 6) is -1.62. The van der Waals surface area contributed by atoms with E-state index in [1.807, 2.05) is 0 Å². The van der Waals surface area contributed by atoms with E-state index < -0.39 is 11.9 Å². The Kier molecular flexibility index (Phi) is 4.47. The molecule has 4 heteroatoms. The molecule has 0 radical (unpaired) electrons. The van der Waals surface area contributed by atoms with Crippen molar-refractivity contribution in [2.24, 2.45) is 0 Å². The van der Waals surface area contributed by atoms with Gasteiger partial charge in [0.15, 0.2) is 0 Å². The molecule has 0 aromatic rings. The first kappa shape index (κ1) is 9.42. The largest absolute Gasteiger partial charge is 0.481 e. The van der Waals surface area contributed by atoms with Gasteiger partial charge in [0, 0.05) is 6.08 Å². The SMILES string of the molecule is C=COC(=O)C=CCC(=O)O. The van der Waals surface area contributed by atoms with Gasteiger partial charge in [0.05, 0.1) is 12.7 Å². The molecule has 1 N–H and O–H groups in total. The molecule has 0 aliphatic heterocycles. The van der Waals surface area contributed by atoms with Crippen LogP contribution in [0.3, 0.4) is 0 Å². The second-order valence-electron chi connectivity index (χ2n) is 1.60. The average molecular weight is 156 g/mol. The van der Waals surface area contributed by atoms with Gasteiger partial charge in [0.1, 0.15) is 0 Å². The number of ether oxygens (including phenoxy) is 1. The van der Waals surface area contributed by atoms with E-state index in [1.54, 1.807) is 0 Å². The molecule has 0 amide bonds. The summed E-state index contributed by atoms with van der Waals surface area (Å²) in [6, 6.07) is 0. The van der Waals surface area contributed by atoms with Crippen LogP contribution in [-0.4, -0.2) is 17.0 Å². The van der Waals surface area contributed by atoms with Crippen LogP contribution in [0.1, 0.15) is 6.42 Å². The van der Waals surface area contributed by atoms with Gasteiger partial charge in [-0.3, -0.25) is 4.79 Å². The molecule has 0 aromatic carbocycles. The Morgan fingerprint density at radius 1 is 1.55 bits per heavy atom.